The summed E-state index contributed by atoms with van der Waals surface area (Å²) >= 11 is 0. The number of ether oxygens (including phenoxy) is 2. The first-order chi connectivity index (χ1) is 8.38. The van der Waals surface area contributed by atoms with Gasteiger partial charge in [-0.1, -0.05) is 6.92 Å². The molecule has 1 heterocycles. The number of hydrogen-bond acceptors (Lipinski definition) is 4. The van der Waals surface area contributed by atoms with Crippen molar-refractivity contribution in [1.29, 1.82) is 0 Å². The molecule has 0 aromatic heterocycles. The van der Waals surface area contributed by atoms with E-state index in [1.54, 1.807) is 7.11 Å². The minimum atomic E-state index is 0.693. The molecule has 0 radical (unpaired) electrons. The molecule has 102 valence electrons. The Morgan fingerprint density at radius 2 is 2.12 bits per heavy atom. The molecule has 4 nitrogen and oxygen atoms in total. The quantitative estimate of drug-likeness (QED) is 0.616. The van der Waals surface area contributed by atoms with Gasteiger partial charge in [0, 0.05) is 26.2 Å². The summed E-state index contributed by atoms with van der Waals surface area (Å²) in [5, 5.41) is 3.48. The molecule has 17 heavy (non-hydrogen) atoms. The van der Waals surface area contributed by atoms with Gasteiger partial charge >= 0.3 is 0 Å². The highest BCUT2D eigenvalue weighted by atomic mass is 16.5. The van der Waals surface area contributed by atoms with E-state index in [1.165, 1.54) is 32.4 Å². The van der Waals surface area contributed by atoms with Crippen molar-refractivity contribution in [3.8, 4) is 0 Å². The van der Waals surface area contributed by atoms with Crippen LogP contribution in [0.25, 0.3) is 0 Å². The Balaban J connectivity index is 2.17. The van der Waals surface area contributed by atoms with Crippen LogP contribution >= 0.6 is 0 Å². The maximum absolute atomic E-state index is 5.55. The summed E-state index contributed by atoms with van der Waals surface area (Å²) < 4.78 is 10.5. The van der Waals surface area contributed by atoms with Gasteiger partial charge in [-0.15, -0.1) is 0 Å². The van der Waals surface area contributed by atoms with Crippen molar-refractivity contribution in [1.82, 2.24) is 10.2 Å². The van der Waals surface area contributed by atoms with E-state index in [4.69, 9.17) is 9.47 Å². The molecular formula is C13H28N2O2. The first-order valence-corrected chi connectivity index (χ1v) is 6.90. The monoisotopic (exact) mass is 244 g/mol. The van der Waals surface area contributed by atoms with Gasteiger partial charge in [0.15, 0.2) is 0 Å². The number of nitrogens with one attached hydrogen (secondary N) is 1. The van der Waals surface area contributed by atoms with Gasteiger partial charge in [-0.3, -0.25) is 4.90 Å². The fourth-order valence-electron chi connectivity index (χ4n) is 2.34. The van der Waals surface area contributed by atoms with Crippen LogP contribution in [-0.2, 0) is 9.47 Å². The van der Waals surface area contributed by atoms with Crippen molar-refractivity contribution in [2.45, 2.75) is 32.2 Å². The number of rotatable bonds is 9. The highest BCUT2D eigenvalue weighted by molar-refractivity contribution is 4.78. The van der Waals surface area contributed by atoms with Gasteiger partial charge in [0.1, 0.15) is 0 Å². The second-order valence-corrected chi connectivity index (χ2v) is 4.64. The molecule has 0 aliphatic carbocycles. The summed E-state index contributed by atoms with van der Waals surface area (Å²) in [6.45, 7) is 9.01. The molecule has 1 unspecified atom stereocenters. The Bertz CT molecular complexity index is 173. The van der Waals surface area contributed by atoms with Crippen molar-refractivity contribution >= 4 is 0 Å². The largest absolute Gasteiger partial charge is 0.382 e. The predicted octanol–water partition coefficient (Wildman–Crippen LogP) is 1.11. The predicted molar refractivity (Wildman–Crippen MR) is 70.5 cm³/mol. The Hall–Kier alpha value is -0.160. The van der Waals surface area contributed by atoms with Gasteiger partial charge in [-0.05, 0) is 32.4 Å². The number of hydrogen-bond donors (Lipinski definition) is 1. The summed E-state index contributed by atoms with van der Waals surface area (Å²) in [6, 6.07) is 0.703. The molecule has 1 atom stereocenters. The topological polar surface area (TPSA) is 33.7 Å². The third kappa shape index (κ3) is 6.36. The first kappa shape index (κ1) is 14.9. The molecule has 0 saturated carbocycles. The molecule has 0 bridgehead atoms. The van der Waals surface area contributed by atoms with Crippen LogP contribution in [-0.4, -0.2) is 64.1 Å². The van der Waals surface area contributed by atoms with Crippen LogP contribution in [0, 0.1) is 0 Å². The Morgan fingerprint density at radius 1 is 1.24 bits per heavy atom. The van der Waals surface area contributed by atoms with E-state index >= 15 is 0 Å². The summed E-state index contributed by atoms with van der Waals surface area (Å²) in [4.78, 5) is 2.57. The average molecular weight is 244 g/mol. The lowest BCUT2D eigenvalue weighted by atomic mass is 10.1. The van der Waals surface area contributed by atoms with Gasteiger partial charge in [0.05, 0.1) is 19.8 Å². The highest BCUT2D eigenvalue weighted by Gasteiger charge is 2.19. The molecule has 0 aromatic carbocycles. The molecule has 4 heteroatoms. The van der Waals surface area contributed by atoms with E-state index in [0.29, 0.717) is 19.3 Å². The summed E-state index contributed by atoms with van der Waals surface area (Å²) in [6.07, 6.45) is 3.84. The molecule has 0 spiro atoms. The fourth-order valence-corrected chi connectivity index (χ4v) is 2.34. The number of nitrogens with zero attached hydrogens (tertiary/aromatic N) is 1. The molecule has 0 aromatic rings. The first-order valence-electron chi connectivity index (χ1n) is 6.90. The van der Waals surface area contributed by atoms with Crippen molar-refractivity contribution in [2.75, 3.05) is 53.1 Å². The lowest BCUT2D eigenvalue weighted by Crippen LogP contribution is -2.47. The van der Waals surface area contributed by atoms with E-state index in [2.05, 4.69) is 17.1 Å². The van der Waals surface area contributed by atoms with E-state index in [1.807, 2.05) is 0 Å². The number of piperidine rings is 1. The van der Waals surface area contributed by atoms with Gasteiger partial charge < -0.3 is 14.8 Å². The van der Waals surface area contributed by atoms with E-state index in [9.17, 15) is 0 Å². The SMILES string of the molecule is CCCN(CCOCCOC)C1CCCNC1. The van der Waals surface area contributed by atoms with Crippen LogP contribution in [0.3, 0.4) is 0 Å². The van der Waals surface area contributed by atoms with Gasteiger partial charge in [-0.2, -0.15) is 0 Å². The van der Waals surface area contributed by atoms with Crippen LogP contribution in [0.4, 0.5) is 0 Å². The van der Waals surface area contributed by atoms with E-state index < -0.39 is 0 Å². The van der Waals surface area contributed by atoms with Crippen molar-refractivity contribution in [2.24, 2.45) is 0 Å². The summed E-state index contributed by atoms with van der Waals surface area (Å²) in [7, 11) is 1.71. The number of methoxy groups -OCH3 is 1. The second-order valence-electron chi connectivity index (χ2n) is 4.64. The second kappa shape index (κ2) is 9.83. The molecule has 1 saturated heterocycles. The minimum absolute atomic E-state index is 0.693. The van der Waals surface area contributed by atoms with Gasteiger partial charge in [0.25, 0.3) is 0 Å². The fraction of sp³-hybridized carbons (Fsp3) is 1.00. The Kier molecular flexibility index (Phi) is 8.61. The average Bonchev–Trinajstić information content (AvgIpc) is 2.38. The molecule has 1 N–H and O–H groups in total. The maximum Gasteiger partial charge on any atom is 0.0700 e. The molecule has 0 amide bonds. The zero-order chi connectivity index (χ0) is 12.3. The highest BCUT2D eigenvalue weighted by Crippen LogP contribution is 2.10. The molecule has 1 rings (SSSR count). The zero-order valence-corrected chi connectivity index (χ0v) is 11.4. The minimum Gasteiger partial charge on any atom is -0.382 e. The lowest BCUT2D eigenvalue weighted by Gasteiger charge is -2.34. The van der Waals surface area contributed by atoms with Crippen LogP contribution in [0.15, 0.2) is 0 Å². The standard InChI is InChI=1S/C13H28N2O2/c1-3-7-15(8-9-17-11-10-16-2)13-5-4-6-14-12-13/h13-14H,3-12H2,1-2H3. The zero-order valence-electron chi connectivity index (χ0n) is 11.4. The third-order valence-corrected chi connectivity index (χ3v) is 3.25. The molecule has 1 aliphatic heterocycles. The molecular weight excluding hydrogens is 216 g/mol. The molecule has 1 fully saturated rings. The Labute approximate surface area is 106 Å². The third-order valence-electron chi connectivity index (χ3n) is 3.25. The molecule has 1 aliphatic rings. The van der Waals surface area contributed by atoms with Crippen LogP contribution in [0.5, 0.6) is 0 Å². The smallest absolute Gasteiger partial charge is 0.0700 e. The van der Waals surface area contributed by atoms with Crippen molar-refractivity contribution < 1.29 is 9.47 Å². The maximum atomic E-state index is 5.55. The van der Waals surface area contributed by atoms with Crippen LogP contribution < -0.4 is 5.32 Å². The van der Waals surface area contributed by atoms with Crippen LogP contribution in [0.2, 0.25) is 0 Å². The van der Waals surface area contributed by atoms with Crippen molar-refractivity contribution in [3.05, 3.63) is 0 Å². The van der Waals surface area contributed by atoms with E-state index in [-0.39, 0.29) is 0 Å². The normalized spacial score (nSPS) is 21.0. The van der Waals surface area contributed by atoms with Crippen LogP contribution in [0.1, 0.15) is 26.2 Å². The Morgan fingerprint density at radius 3 is 2.76 bits per heavy atom. The van der Waals surface area contributed by atoms with Gasteiger partial charge in [-0.25, -0.2) is 0 Å². The summed E-state index contributed by atoms with van der Waals surface area (Å²) in [5.74, 6) is 0. The van der Waals surface area contributed by atoms with Gasteiger partial charge in [0.2, 0.25) is 0 Å². The lowest BCUT2D eigenvalue weighted by molar-refractivity contribution is 0.0465. The summed E-state index contributed by atoms with van der Waals surface area (Å²) in [5.41, 5.74) is 0. The van der Waals surface area contributed by atoms with Crippen molar-refractivity contribution in [3.63, 3.8) is 0 Å². The van der Waals surface area contributed by atoms with E-state index in [0.717, 1.165) is 19.7 Å².